The van der Waals surface area contributed by atoms with E-state index >= 15 is 0 Å². The van der Waals surface area contributed by atoms with Crippen molar-refractivity contribution in [3.8, 4) is 0 Å². The lowest BCUT2D eigenvalue weighted by molar-refractivity contribution is -0.0522. The summed E-state index contributed by atoms with van der Waals surface area (Å²) >= 11 is 14.2. The molecule has 9 N–H and O–H groups in total. The number of aliphatic hydroxyl groups excluding tert-OH is 2. The van der Waals surface area contributed by atoms with Gasteiger partial charge in [-0.1, -0.05) is 6.92 Å². The van der Waals surface area contributed by atoms with Gasteiger partial charge in [-0.2, -0.15) is 0 Å². The van der Waals surface area contributed by atoms with Crippen LogP contribution in [0.3, 0.4) is 0 Å². The Morgan fingerprint density at radius 2 is 0.825 bits per heavy atom. The van der Waals surface area contributed by atoms with Crippen LogP contribution in [0.15, 0.2) is 86.2 Å². The lowest BCUT2D eigenvalue weighted by Crippen LogP contribution is -2.33. The Kier molecular flexibility index (Phi) is 26.9. The van der Waals surface area contributed by atoms with Crippen molar-refractivity contribution in [1.29, 1.82) is 0 Å². The molecule has 0 aliphatic carbocycles. The van der Waals surface area contributed by atoms with E-state index in [1.807, 2.05) is 84.2 Å². The minimum absolute atomic E-state index is 0.132. The molecule has 6 aromatic rings. The van der Waals surface area contributed by atoms with Crippen molar-refractivity contribution in [2.75, 3.05) is 35.8 Å². The Morgan fingerprint density at radius 3 is 1.10 bits per heavy atom. The molecule has 0 aromatic heterocycles. The summed E-state index contributed by atoms with van der Waals surface area (Å²) < 4.78 is 128. The lowest BCUT2D eigenvalue weighted by atomic mass is 10.1. The summed E-state index contributed by atoms with van der Waals surface area (Å²) in [7, 11) is 0. The molecule has 6 rings (SSSR count). The molecule has 3 amide bonds. The summed E-state index contributed by atoms with van der Waals surface area (Å²) in [4.78, 5) is 51.4. The first kappa shape index (κ1) is 68.4. The van der Waals surface area contributed by atoms with Crippen molar-refractivity contribution in [2.45, 2.75) is 51.9 Å². The van der Waals surface area contributed by atoms with Crippen LogP contribution >= 0.6 is 116 Å². The van der Waals surface area contributed by atoms with Crippen molar-refractivity contribution in [3.05, 3.63) is 166 Å². The predicted octanol–water partition coefficient (Wildman–Crippen LogP) is 13.6. The molecule has 0 bridgehead atoms. The van der Waals surface area contributed by atoms with Crippen molar-refractivity contribution >= 4 is 167 Å². The summed E-state index contributed by atoms with van der Waals surface area (Å²) in [6, 6.07) is 15.4. The molecule has 0 saturated heterocycles. The van der Waals surface area contributed by atoms with Crippen LogP contribution in [0, 0.1) is 63.1 Å². The third kappa shape index (κ3) is 20.1. The van der Waals surface area contributed by atoms with Gasteiger partial charge in [0.2, 0.25) is 0 Å². The minimum Gasteiger partial charge on any atom is -0.391 e. The summed E-state index contributed by atoms with van der Waals surface area (Å²) in [6.45, 7) is 5.46. The van der Waals surface area contributed by atoms with E-state index in [0.717, 1.165) is 18.2 Å². The number of nitrogens with one attached hydrogen (secondary N) is 6. The lowest BCUT2D eigenvalue weighted by Gasteiger charge is -2.18. The first-order valence-corrected chi connectivity index (χ1v) is 28.1. The number of aliphatic hydroxyl groups is 3. The Hall–Kier alpha value is -4.11. The minimum atomic E-state index is -1.37. The van der Waals surface area contributed by atoms with Gasteiger partial charge in [0.15, 0.2) is 34.9 Å². The molecule has 2 atom stereocenters. The van der Waals surface area contributed by atoms with Gasteiger partial charge < -0.3 is 31.3 Å². The van der Waals surface area contributed by atoms with Crippen molar-refractivity contribution in [1.82, 2.24) is 16.4 Å². The second-order valence-electron chi connectivity index (χ2n) is 16.9. The molecule has 0 aliphatic rings. The molecule has 80 heavy (non-hydrogen) atoms. The van der Waals surface area contributed by atoms with E-state index in [1.54, 1.807) is 25.1 Å². The molecule has 0 fully saturated rings. The number of hydrogen-bond donors (Lipinski definition) is 9. The highest BCUT2D eigenvalue weighted by Crippen LogP contribution is 2.36. The number of hydroxylamine groups is 3. The van der Waals surface area contributed by atoms with E-state index in [9.17, 15) is 64.1 Å². The standard InChI is InChI=1S/2C17H15BrF3IN2O3.C16H13BrF3IN2O3/c1-17(2,26)7-27-24-16(25)9-6-10(18)13(20)14(21)15(9)23-12-4-3-8(22)5-11(12)19;1-2-9(25)7-27-24-17(26)10-6-11(18)14(20)15(21)16(10)23-13-4-3-8(22)5-12(13)19;1-7(24)6-26-23-16(25)9-5-10(17)13(19)14(20)15(9)22-12-3-2-8(21)4-11(12)18/h3-6,23,26H,7H2,1-2H3,(H,24,25);3-6,9,23,25H,2,7H2,1H3,(H,24,26);2-5,7,22,24H,6H2,1H3,(H,23,25). The fourth-order valence-corrected chi connectivity index (χ4v) is 8.43. The molecular formula is C50H43Br3F9I3N6O9. The number of carbonyl (C=O) groups excluding carboxylic acids is 3. The van der Waals surface area contributed by atoms with Gasteiger partial charge in [-0.3, -0.25) is 28.9 Å². The van der Waals surface area contributed by atoms with Gasteiger partial charge in [0.05, 0.1) is 82.0 Å². The average molecular weight is 1660 g/mol. The van der Waals surface area contributed by atoms with Crippen molar-refractivity contribution in [2.24, 2.45) is 0 Å². The van der Waals surface area contributed by atoms with Crippen molar-refractivity contribution < 1.29 is 83.7 Å². The summed E-state index contributed by atoms with van der Waals surface area (Å²) in [5.41, 5.74) is 1.86. The molecule has 0 aliphatic heterocycles. The van der Waals surface area contributed by atoms with Gasteiger partial charge in [-0.15, -0.1) is 0 Å². The fourth-order valence-electron chi connectivity index (χ4n) is 5.86. The molecule has 30 heteroatoms. The number of benzene rings is 6. The zero-order valence-electron chi connectivity index (χ0n) is 41.4. The Balaban J connectivity index is 0.000000258. The zero-order valence-corrected chi connectivity index (χ0v) is 52.6. The average Bonchev–Trinajstić information content (AvgIpc) is 3.38. The number of hydrogen-bond acceptors (Lipinski definition) is 12. The first-order valence-electron chi connectivity index (χ1n) is 22.5. The van der Waals surface area contributed by atoms with Crippen LogP contribution in [0.1, 0.15) is 65.2 Å². The highest BCUT2D eigenvalue weighted by atomic mass is 127. The molecule has 0 radical (unpaired) electrons. The maximum Gasteiger partial charge on any atom is 0.277 e. The van der Waals surface area contributed by atoms with E-state index in [1.165, 1.54) is 57.2 Å². The van der Waals surface area contributed by atoms with Gasteiger partial charge >= 0.3 is 0 Å². The van der Waals surface area contributed by atoms with Gasteiger partial charge in [0.25, 0.3) is 17.7 Å². The molecule has 15 nitrogen and oxygen atoms in total. The van der Waals surface area contributed by atoms with E-state index in [0.29, 0.717) is 17.1 Å². The first-order chi connectivity index (χ1) is 37.4. The fraction of sp³-hybridized carbons (Fsp3) is 0.220. The molecule has 2 unspecified atom stereocenters. The van der Waals surface area contributed by atoms with E-state index in [2.05, 4.69) is 63.7 Å². The Labute approximate surface area is 516 Å². The maximum atomic E-state index is 14.4. The number of amides is 3. The van der Waals surface area contributed by atoms with E-state index in [4.69, 9.17) is 19.6 Å². The quantitative estimate of drug-likeness (QED) is 0.0160. The summed E-state index contributed by atoms with van der Waals surface area (Å²) in [5, 5.41) is 35.3. The largest absolute Gasteiger partial charge is 0.391 e. The van der Waals surface area contributed by atoms with Crippen LogP contribution in [-0.2, 0) is 14.5 Å². The topological polar surface area (TPSA) is 212 Å². The number of rotatable bonds is 19. The molecule has 0 spiro atoms. The van der Waals surface area contributed by atoms with Crippen LogP contribution in [0.4, 0.5) is 73.6 Å². The normalized spacial score (nSPS) is 11.8. The van der Waals surface area contributed by atoms with Crippen LogP contribution in [0.5, 0.6) is 0 Å². The second kappa shape index (κ2) is 31.5. The summed E-state index contributed by atoms with van der Waals surface area (Å²) in [5.74, 6) is -12.6. The maximum absolute atomic E-state index is 14.4. The number of carbonyl (C=O) groups is 3. The third-order valence-corrected chi connectivity index (χ3v) is 13.5. The number of anilines is 6. The van der Waals surface area contributed by atoms with Gasteiger partial charge in [0, 0.05) is 10.7 Å². The Bertz CT molecular complexity index is 3230. The highest BCUT2D eigenvalue weighted by Gasteiger charge is 2.27. The number of halogens is 15. The molecule has 0 heterocycles. The third-order valence-electron chi connectivity index (χ3n) is 9.78. The van der Waals surface area contributed by atoms with E-state index < -0.39 is 105 Å². The molecular weight excluding hydrogens is 1620 g/mol. The van der Waals surface area contributed by atoms with Crippen LogP contribution in [0.25, 0.3) is 0 Å². The SMILES string of the molecule is CC(C)(O)CONC(=O)c1cc(Br)c(F)c(F)c1Nc1ccc(I)cc1F.CC(O)CONC(=O)c1cc(Br)c(F)c(F)c1Nc1ccc(I)cc1F.CCC(O)CONC(=O)c1cc(Br)c(F)c(F)c1Nc1ccc(I)cc1F. The zero-order chi connectivity index (χ0) is 59.9. The van der Waals surface area contributed by atoms with Gasteiger partial charge in [0.1, 0.15) is 37.3 Å². The predicted molar refractivity (Wildman–Crippen MR) is 314 cm³/mol. The Morgan fingerprint density at radius 1 is 0.525 bits per heavy atom. The van der Waals surface area contributed by atoms with Gasteiger partial charge in [-0.25, -0.2) is 56.0 Å². The molecule has 0 saturated carbocycles. The molecule has 6 aromatic carbocycles. The second-order valence-corrected chi connectivity index (χ2v) is 23.2. The molecule has 432 valence electrons. The van der Waals surface area contributed by atoms with Crippen LogP contribution in [-0.4, -0.2) is 70.7 Å². The van der Waals surface area contributed by atoms with Gasteiger partial charge in [-0.05, 0) is 216 Å². The summed E-state index contributed by atoms with van der Waals surface area (Å²) in [6.07, 6.45) is -1.23. The highest BCUT2D eigenvalue weighted by molar-refractivity contribution is 14.1. The monoisotopic (exact) mass is 1660 g/mol. The van der Waals surface area contributed by atoms with E-state index in [-0.39, 0.29) is 67.0 Å². The van der Waals surface area contributed by atoms with Crippen molar-refractivity contribution in [3.63, 3.8) is 0 Å². The smallest absolute Gasteiger partial charge is 0.277 e. The van der Waals surface area contributed by atoms with Crippen LogP contribution in [0.2, 0.25) is 0 Å². The van der Waals surface area contributed by atoms with Crippen LogP contribution < -0.4 is 32.4 Å².